The minimum Gasteiger partial charge on any atom is -0.392 e. The van der Waals surface area contributed by atoms with Crippen molar-refractivity contribution < 1.29 is 23.1 Å². The summed E-state index contributed by atoms with van der Waals surface area (Å²) in [6.45, 7) is 1.98. The lowest BCUT2D eigenvalue weighted by molar-refractivity contribution is -0.143. The molecule has 0 spiro atoms. The zero-order valence-corrected chi connectivity index (χ0v) is 13.9. The van der Waals surface area contributed by atoms with E-state index in [0.717, 1.165) is 25.7 Å². The Bertz CT molecular complexity index is 379. The minimum absolute atomic E-state index is 0.260. The van der Waals surface area contributed by atoms with E-state index in [1.54, 1.807) is 0 Å². The van der Waals surface area contributed by atoms with E-state index in [1.807, 2.05) is 6.92 Å². The van der Waals surface area contributed by atoms with E-state index in [-0.39, 0.29) is 18.0 Å². The lowest BCUT2D eigenvalue weighted by Gasteiger charge is -2.38. The van der Waals surface area contributed by atoms with Crippen molar-refractivity contribution in [1.82, 2.24) is 15.5 Å². The number of hydrogen-bond donors (Lipinski definition) is 3. The Kier molecular flexibility index (Phi) is 7.60. The molecule has 2 atom stereocenters. The highest BCUT2D eigenvalue weighted by Crippen LogP contribution is 2.35. The molecule has 23 heavy (non-hydrogen) atoms. The van der Waals surface area contributed by atoms with Gasteiger partial charge in [-0.25, -0.2) is 4.79 Å². The van der Waals surface area contributed by atoms with Crippen LogP contribution in [0.3, 0.4) is 0 Å². The molecule has 0 aromatic heterocycles. The number of carbonyl (C=O) groups excluding carboxylic acids is 1. The van der Waals surface area contributed by atoms with Gasteiger partial charge in [0.05, 0.1) is 12.6 Å². The van der Waals surface area contributed by atoms with Gasteiger partial charge in [-0.05, 0) is 32.9 Å². The highest BCUT2D eigenvalue weighted by Gasteiger charge is 2.35. The van der Waals surface area contributed by atoms with Gasteiger partial charge in [-0.3, -0.25) is 4.90 Å². The largest absolute Gasteiger partial charge is 0.401 e. The van der Waals surface area contributed by atoms with Gasteiger partial charge in [0.1, 0.15) is 0 Å². The Morgan fingerprint density at radius 3 is 2.65 bits per heavy atom. The first-order chi connectivity index (χ1) is 10.6. The van der Waals surface area contributed by atoms with Crippen LogP contribution in [0.2, 0.25) is 0 Å². The van der Waals surface area contributed by atoms with Crippen LogP contribution in [0.5, 0.6) is 0 Å². The summed E-state index contributed by atoms with van der Waals surface area (Å²) >= 11 is 0. The Hall–Kier alpha value is -1.02. The molecule has 0 aromatic carbocycles. The van der Waals surface area contributed by atoms with Crippen molar-refractivity contribution in [2.75, 3.05) is 33.2 Å². The van der Waals surface area contributed by atoms with Crippen LogP contribution in [0, 0.1) is 5.41 Å². The van der Waals surface area contributed by atoms with E-state index in [0.29, 0.717) is 19.5 Å². The molecule has 1 rings (SSSR count). The number of alkyl halides is 3. The molecular weight excluding hydrogens is 311 g/mol. The molecule has 1 saturated carbocycles. The predicted molar refractivity (Wildman–Crippen MR) is 82.2 cm³/mol. The van der Waals surface area contributed by atoms with Gasteiger partial charge in [0, 0.05) is 18.5 Å². The smallest absolute Gasteiger partial charge is 0.392 e. The first kappa shape index (κ1) is 20.0. The number of rotatable bonds is 7. The summed E-state index contributed by atoms with van der Waals surface area (Å²) in [5.74, 6) is 0. The van der Waals surface area contributed by atoms with Gasteiger partial charge in [-0.2, -0.15) is 13.2 Å². The number of halogens is 3. The van der Waals surface area contributed by atoms with Crippen molar-refractivity contribution >= 4 is 6.03 Å². The van der Waals surface area contributed by atoms with Crippen LogP contribution in [-0.2, 0) is 0 Å². The summed E-state index contributed by atoms with van der Waals surface area (Å²) in [4.78, 5) is 12.9. The van der Waals surface area contributed by atoms with E-state index in [1.165, 1.54) is 11.9 Å². The molecule has 0 heterocycles. The number of nitrogens with one attached hydrogen (secondary N) is 2. The highest BCUT2D eigenvalue weighted by atomic mass is 19.4. The highest BCUT2D eigenvalue weighted by molar-refractivity contribution is 5.73. The minimum atomic E-state index is -4.20. The SMILES string of the molecule is CN(CCCNC(=O)NCC1(C)CCCCC1O)CC(F)(F)F. The predicted octanol–water partition coefficient (Wildman–Crippen LogP) is 2.11. The van der Waals surface area contributed by atoms with Crippen molar-refractivity contribution in [3.8, 4) is 0 Å². The van der Waals surface area contributed by atoms with Crippen LogP contribution in [0.25, 0.3) is 0 Å². The molecule has 2 unspecified atom stereocenters. The Balaban J connectivity index is 2.15. The molecule has 0 aliphatic heterocycles. The number of carbonyl (C=O) groups is 1. The number of nitrogens with zero attached hydrogens (tertiary/aromatic N) is 1. The van der Waals surface area contributed by atoms with Gasteiger partial charge < -0.3 is 15.7 Å². The normalized spacial score (nSPS) is 25.4. The summed E-state index contributed by atoms with van der Waals surface area (Å²) in [7, 11) is 1.40. The van der Waals surface area contributed by atoms with Gasteiger partial charge in [0.15, 0.2) is 0 Å². The molecule has 0 radical (unpaired) electrons. The molecule has 1 aliphatic carbocycles. The van der Waals surface area contributed by atoms with Crippen molar-refractivity contribution in [3.05, 3.63) is 0 Å². The zero-order chi connectivity index (χ0) is 17.5. The van der Waals surface area contributed by atoms with Crippen LogP contribution >= 0.6 is 0 Å². The first-order valence-electron chi connectivity index (χ1n) is 8.07. The second kappa shape index (κ2) is 8.73. The fraction of sp³-hybridized carbons (Fsp3) is 0.933. The number of hydrogen-bond acceptors (Lipinski definition) is 3. The number of urea groups is 1. The van der Waals surface area contributed by atoms with Gasteiger partial charge >= 0.3 is 12.2 Å². The molecule has 0 saturated heterocycles. The Labute approximate surface area is 135 Å². The molecule has 1 aliphatic rings. The topological polar surface area (TPSA) is 64.6 Å². The molecule has 0 aromatic rings. The third kappa shape index (κ3) is 7.87. The standard InChI is InChI=1S/C15H28F3N3O2/c1-14(7-4-3-6-12(14)22)10-20-13(23)19-8-5-9-21(2)11-15(16,17)18/h12,22H,3-11H2,1-2H3,(H2,19,20,23). The summed E-state index contributed by atoms with van der Waals surface area (Å²) in [5, 5.41) is 15.4. The van der Waals surface area contributed by atoms with Gasteiger partial charge in [0.25, 0.3) is 0 Å². The van der Waals surface area contributed by atoms with E-state index in [9.17, 15) is 23.1 Å². The maximum atomic E-state index is 12.1. The van der Waals surface area contributed by atoms with Gasteiger partial charge in [0.2, 0.25) is 0 Å². The van der Waals surface area contributed by atoms with Crippen LogP contribution in [0.15, 0.2) is 0 Å². The zero-order valence-electron chi connectivity index (χ0n) is 13.9. The molecule has 3 N–H and O–H groups in total. The average Bonchev–Trinajstić information content (AvgIpc) is 2.43. The molecule has 5 nitrogen and oxygen atoms in total. The van der Waals surface area contributed by atoms with Crippen molar-refractivity contribution in [1.29, 1.82) is 0 Å². The monoisotopic (exact) mass is 339 g/mol. The summed E-state index contributed by atoms with van der Waals surface area (Å²) in [6.07, 6.45) is -0.485. The molecule has 1 fully saturated rings. The summed E-state index contributed by atoms with van der Waals surface area (Å²) in [5.41, 5.74) is -0.303. The van der Waals surface area contributed by atoms with Crippen LogP contribution in [0.1, 0.15) is 39.0 Å². The fourth-order valence-electron chi connectivity index (χ4n) is 2.87. The Morgan fingerprint density at radius 2 is 2.04 bits per heavy atom. The van der Waals surface area contributed by atoms with E-state index >= 15 is 0 Å². The number of aliphatic hydroxyl groups is 1. The molecule has 8 heteroatoms. The van der Waals surface area contributed by atoms with Crippen molar-refractivity contribution in [3.63, 3.8) is 0 Å². The van der Waals surface area contributed by atoms with E-state index < -0.39 is 18.8 Å². The lowest BCUT2D eigenvalue weighted by atomic mass is 9.73. The van der Waals surface area contributed by atoms with Gasteiger partial charge in [-0.1, -0.05) is 19.8 Å². The summed E-state index contributed by atoms with van der Waals surface area (Å²) in [6, 6.07) is -0.345. The fourth-order valence-corrected chi connectivity index (χ4v) is 2.87. The summed E-state index contributed by atoms with van der Waals surface area (Å²) < 4.78 is 36.4. The second-order valence-electron chi connectivity index (χ2n) is 6.73. The van der Waals surface area contributed by atoms with Crippen LogP contribution < -0.4 is 10.6 Å². The van der Waals surface area contributed by atoms with Crippen LogP contribution in [-0.4, -0.2) is 61.5 Å². The number of aliphatic hydroxyl groups excluding tert-OH is 1. The molecule has 2 amide bonds. The maximum absolute atomic E-state index is 12.1. The first-order valence-corrected chi connectivity index (χ1v) is 8.07. The van der Waals surface area contributed by atoms with E-state index in [2.05, 4.69) is 10.6 Å². The lowest BCUT2D eigenvalue weighted by Crippen LogP contribution is -2.48. The van der Waals surface area contributed by atoms with Crippen molar-refractivity contribution in [2.24, 2.45) is 5.41 Å². The van der Waals surface area contributed by atoms with Crippen molar-refractivity contribution in [2.45, 2.75) is 51.3 Å². The average molecular weight is 339 g/mol. The maximum Gasteiger partial charge on any atom is 0.401 e. The Morgan fingerprint density at radius 1 is 1.35 bits per heavy atom. The number of amides is 2. The van der Waals surface area contributed by atoms with E-state index in [4.69, 9.17) is 0 Å². The molecule has 0 bridgehead atoms. The quantitative estimate of drug-likeness (QED) is 0.623. The second-order valence-corrected chi connectivity index (χ2v) is 6.73. The molecule has 136 valence electrons. The third-order valence-corrected chi connectivity index (χ3v) is 4.38. The molecular formula is C15H28F3N3O2. The van der Waals surface area contributed by atoms with Gasteiger partial charge in [-0.15, -0.1) is 0 Å². The third-order valence-electron chi connectivity index (χ3n) is 4.38. The van der Waals surface area contributed by atoms with Crippen LogP contribution in [0.4, 0.5) is 18.0 Å².